The highest BCUT2D eigenvalue weighted by Gasteiger charge is 2.08. The number of rotatable bonds is 4. The Hall–Kier alpha value is -2.24. The number of nitrogens with one attached hydrogen (secondary N) is 1. The zero-order chi connectivity index (χ0) is 16.8. The number of benzene rings is 2. The van der Waals surface area contributed by atoms with Gasteiger partial charge in [-0.25, -0.2) is 0 Å². The maximum Gasteiger partial charge on any atom is 0.283 e. The first-order valence-electron chi connectivity index (χ1n) is 7.01. The number of amidine groups is 1. The van der Waals surface area contributed by atoms with Gasteiger partial charge in [-0.1, -0.05) is 11.6 Å². The van der Waals surface area contributed by atoms with Crippen LogP contribution in [0.2, 0.25) is 5.02 Å². The fourth-order valence-corrected chi connectivity index (χ4v) is 1.97. The lowest BCUT2D eigenvalue weighted by atomic mass is 10.2. The maximum atomic E-state index is 12.1. The van der Waals surface area contributed by atoms with Crippen molar-refractivity contribution in [3.05, 3.63) is 59.1 Å². The van der Waals surface area contributed by atoms with Crippen LogP contribution in [0.15, 0.2) is 53.5 Å². The predicted molar refractivity (Wildman–Crippen MR) is 101 cm³/mol. The van der Waals surface area contributed by atoms with Gasteiger partial charge in [0.1, 0.15) is 0 Å². The monoisotopic (exact) mass is 367 g/mol. The average molecular weight is 368 g/mol. The minimum Gasteiger partial charge on any atom is -0.379 e. The molecule has 5 nitrogen and oxygen atoms in total. The summed E-state index contributed by atoms with van der Waals surface area (Å²) in [5.41, 5.74) is 3.85. The standard InChI is InChI=1S/C17H18ClN3O2.ClH/c1-12(19-2)21(3)15-8-4-13(5-9-15)17(22)20-23-16-10-6-14(18)7-11-16;/h4-11H,1-3H3,(H,20,22);1H. The van der Waals surface area contributed by atoms with Crippen LogP contribution in [0, 0.1) is 0 Å². The fourth-order valence-electron chi connectivity index (χ4n) is 1.84. The Kier molecular flexibility index (Phi) is 7.55. The molecule has 0 saturated carbocycles. The molecule has 24 heavy (non-hydrogen) atoms. The predicted octanol–water partition coefficient (Wildman–Crippen LogP) is 3.97. The van der Waals surface area contributed by atoms with E-state index in [0.717, 1.165) is 11.5 Å². The first-order chi connectivity index (χ1) is 11.0. The number of carbonyl (C=O) groups is 1. The van der Waals surface area contributed by atoms with Gasteiger partial charge >= 0.3 is 0 Å². The summed E-state index contributed by atoms with van der Waals surface area (Å²) in [6.07, 6.45) is 0. The smallest absolute Gasteiger partial charge is 0.283 e. The van der Waals surface area contributed by atoms with Crippen LogP contribution in [0.4, 0.5) is 5.69 Å². The molecule has 0 unspecified atom stereocenters. The molecule has 128 valence electrons. The zero-order valence-corrected chi connectivity index (χ0v) is 15.2. The van der Waals surface area contributed by atoms with Gasteiger partial charge in [0.25, 0.3) is 5.91 Å². The van der Waals surface area contributed by atoms with Crippen LogP contribution in [0.25, 0.3) is 0 Å². The van der Waals surface area contributed by atoms with Crippen molar-refractivity contribution in [3.63, 3.8) is 0 Å². The van der Waals surface area contributed by atoms with Gasteiger partial charge in [-0.2, -0.15) is 5.48 Å². The number of hydrogen-bond acceptors (Lipinski definition) is 3. The third-order valence-electron chi connectivity index (χ3n) is 3.40. The minimum absolute atomic E-state index is 0. The van der Waals surface area contributed by atoms with E-state index in [9.17, 15) is 4.79 Å². The highest BCUT2D eigenvalue weighted by molar-refractivity contribution is 6.30. The van der Waals surface area contributed by atoms with Gasteiger partial charge in [-0.05, 0) is 55.5 Å². The Labute approximate surface area is 152 Å². The Balaban J connectivity index is 0.00000288. The summed E-state index contributed by atoms with van der Waals surface area (Å²) < 4.78 is 0. The van der Waals surface area contributed by atoms with Crippen LogP contribution in [0.3, 0.4) is 0 Å². The van der Waals surface area contributed by atoms with E-state index in [4.69, 9.17) is 16.4 Å². The van der Waals surface area contributed by atoms with Crippen molar-refractivity contribution >= 4 is 41.4 Å². The highest BCUT2D eigenvalue weighted by Crippen LogP contribution is 2.16. The number of hydroxylamine groups is 1. The molecule has 0 aliphatic carbocycles. The maximum absolute atomic E-state index is 12.1. The molecule has 0 saturated heterocycles. The zero-order valence-electron chi connectivity index (χ0n) is 13.6. The van der Waals surface area contributed by atoms with E-state index in [1.54, 1.807) is 43.4 Å². The summed E-state index contributed by atoms with van der Waals surface area (Å²) in [6, 6.07) is 13.9. The van der Waals surface area contributed by atoms with E-state index in [-0.39, 0.29) is 18.3 Å². The summed E-state index contributed by atoms with van der Waals surface area (Å²) in [7, 11) is 3.66. The summed E-state index contributed by atoms with van der Waals surface area (Å²) >= 11 is 5.79. The normalized spacial score (nSPS) is 10.6. The van der Waals surface area contributed by atoms with Gasteiger partial charge in [0.15, 0.2) is 5.75 Å². The number of amides is 1. The van der Waals surface area contributed by atoms with E-state index in [2.05, 4.69) is 10.5 Å². The number of hydrogen-bond donors (Lipinski definition) is 1. The molecule has 7 heteroatoms. The van der Waals surface area contributed by atoms with Crippen LogP contribution >= 0.6 is 24.0 Å². The quantitative estimate of drug-likeness (QED) is 0.505. The second-order valence-electron chi connectivity index (χ2n) is 4.86. The SMILES string of the molecule is CN=C(C)N(C)c1ccc(C(=O)NOc2ccc(Cl)cc2)cc1.Cl. The lowest BCUT2D eigenvalue weighted by molar-refractivity contribution is 0.0760. The molecular formula is C17H19Cl2N3O2. The van der Waals surface area contributed by atoms with Crippen molar-refractivity contribution < 1.29 is 9.63 Å². The molecule has 2 aromatic rings. The molecule has 0 spiro atoms. The van der Waals surface area contributed by atoms with Crippen LogP contribution in [0.1, 0.15) is 17.3 Å². The lowest BCUT2D eigenvalue weighted by Gasteiger charge is -2.18. The molecule has 2 aromatic carbocycles. The van der Waals surface area contributed by atoms with Gasteiger partial charge < -0.3 is 9.74 Å². The van der Waals surface area contributed by atoms with Crippen molar-refractivity contribution in [1.29, 1.82) is 0 Å². The van der Waals surface area contributed by atoms with E-state index in [1.807, 2.05) is 31.0 Å². The van der Waals surface area contributed by atoms with Gasteiger partial charge in [0.2, 0.25) is 0 Å². The second-order valence-corrected chi connectivity index (χ2v) is 5.30. The third-order valence-corrected chi connectivity index (χ3v) is 3.65. The van der Waals surface area contributed by atoms with Crippen molar-refractivity contribution in [2.45, 2.75) is 6.92 Å². The van der Waals surface area contributed by atoms with Crippen LogP contribution < -0.4 is 15.2 Å². The van der Waals surface area contributed by atoms with Crippen molar-refractivity contribution in [1.82, 2.24) is 5.48 Å². The lowest BCUT2D eigenvalue weighted by Crippen LogP contribution is -2.27. The molecule has 0 aliphatic heterocycles. The summed E-state index contributed by atoms with van der Waals surface area (Å²) in [5.74, 6) is 1.07. The topological polar surface area (TPSA) is 53.9 Å². The summed E-state index contributed by atoms with van der Waals surface area (Å²) in [6.45, 7) is 1.92. The number of nitrogens with zero attached hydrogens (tertiary/aromatic N) is 2. The Bertz CT molecular complexity index is 701. The number of anilines is 1. The van der Waals surface area contributed by atoms with Gasteiger partial charge in [0, 0.05) is 30.4 Å². The first kappa shape index (κ1) is 19.8. The van der Waals surface area contributed by atoms with E-state index in [1.165, 1.54) is 0 Å². The van der Waals surface area contributed by atoms with E-state index < -0.39 is 0 Å². The minimum atomic E-state index is -0.324. The highest BCUT2D eigenvalue weighted by atomic mass is 35.5. The Morgan fingerprint density at radius 3 is 2.25 bits per heavy atom. The van der Waals surface area contributed by atoms with Crippen molar-refractivity contribution in [2.24, 2.45) is 4.99 Å². The number of carbonyl (C=O) groups excluding carboxylic acids is 1. The number of aliphatic imine (C=N–C) groups is 1. The summed E-state index contributed by atoms with van der Waals surface area (Å²) in [4.78, 5) is 23.3. The molecule has 2 rings (SSSR count). The Morgan fingerprint density at radius 2 is 1.71 bits per heavy atom. The van der Waals surface area contributed by atoms with Gasteiger partial charge in [0.05, 0.1) is 5.84 Å². The van der Waals surface area contributed by atoms with Crippen LogP contribution in [-0.2, 0) is 0 Å². The Morgan fingerprint density at radius 1 is 1.12 bits per heavy atom. The van der Waals surface area contributed by atoms with Crippen LogP contribution in [0.5, 0.6) is 5.75 Å². The fraction of sp³-hybridized carbons (Fsp3) is 0.176. The van der Waals surface area contributed by atoms with Crippen molar-refractivity contribution in [3.8, 4) is 5.75 Å². The molecule has 0 aliphatic rings. The summed E-state index contributed by atoms with van der Waals surface area (Å²) in [5, 5.41) is 0.606. The van der Waals surface area contributed by atoms with Gasteiger partial charge in [-0.3, -0.25) is 9.79 Å². The van der Waals surface area contributed by atoms with Crippen molar-refractivity contribution in [2.75, 3.05) is 19.0 Å². The molecule has 0 fully saturated rings. The molecule has 0 atom stereocenters. The number of halogens is 2. The average Bonchev–Trinajstić information content (AvgIpc) is 2.59. The largest absolute Gasteiger partial charge is 0.379 e. The molecule has 1 amide bonds. The van der Waals surface area contributed by atoms with E-state index >= 15 is 0 Å². The second kappa shape index (κ2) is 9.15. The molecule has 0 bridgehead atoms. The first-order valence-corrected chi connectivity index (χ1v) is 7.39. The molecule has 0 aromatic heterocycles. The van der Waals surface area contributed by atoms with E-state index in [0.29, 0.717) is 16.3 Å². The molecule has 0 heterocycles. The molecule has 0 radical (unpaired) electrons. The van der Waals surface area contributed by atoms with Crippen LogP contribution in [-0.4, -0.2) is 25.8 Å². The molecule has 1 N–H and O–H groups in total. The molecular weight excluding hydrogens is 349 g/mol. The van der Waals surface area contributed by atoms with Gasteiger partial charge in [-0.15, -0.1) is 12.4 Å². The third kappa shape index (κ3) is 5.15.